The molecule has 0 saturated carbocycles. The molecule has 0 rings (SSSR count). The number of nitrogens with one attached hydrogen (secondary N) is 1. The highest BCUT2D eigenvalue weighted by molar-refractivity contribution is 5.76. The summed E-state index contributed by atoms with van der Waals surface area (Å²) < 4.78 is 5.44. The van der Waals surface area contributed by atoms with Crippen LogP contribution in [0.15, 0.2) is 24.3 Å². The molecule has 0 saturated heterocycles. The first-order valence-corrected chi connectivity index (χ1v) is 24.6. The number of rotatable bonds is 45. The zero-order valence-corrected chi connectivity index (χ0v) is 37.4. The number of allylic oxidation sites excluding steroid dienone is 3. The van der Waals surface area contributed by atoms with E-state index in [0.29, 0.717) is 19.4 Å². The fraction of sp³-hybridized carbons (Fsp3) is 0.880. The molecule has 0 radical (unpaired) electrons. The van der Waals surface area contributed by atoms with Gasteiger partial charge in [-0.15, -0.1) is 0 Å². The third-order valence-corrected chi connectivity index (χ3v) is 11.2. The van der Waals surface area contributed by atoms with Crippen LogP contribution in [0.2, 0.25) is 0 Å². The van der Waals surface area contributed by atoms with E-state index in [9.17, 15) is 19.8 Å². The highest BCUT2D eigenvalue weighted by Gasteiger charge is 2.18. The van der Waals surface area contributed by atoms with Crippen molar-refractivity contribution in [3.63, 3.8) is 0 Å². The number of hydrogen-bond acceptors (Lipinski definition) is 5. The molecule has 0 aromatic heterocycles. The molecule has 0 aliphatic heterocycles. The second-order valence-electron chi connectivity index (χ2n) is 16.8. The molecule has 330 valence electrons. The van der Waals surface area contributed by atoms with Crippen LogP contribution < -0.4 is 5.32 Å². The summed E-state index contributed by atoms with van der Waals surface area (Å²) in [4.78, 5) is 24.4. The molecular formula is C50H95NO5. The standard InChI is InChI=1S/C50H95NO5/c1-3-5-7-9-11-13-15-16-17-18-19-20-21-22-23-28-32-36-40-44-50(55)56-45-41-37-33-29-25-24-27-31-35-39-43-49(54)51-47(46-52)48(53)42-38-34-30-26-14-12-10-8-6-4-2/h25,29,38,42,47-48,52-53H,3-24,26-28,30-37,39-41,43-46H2,1-2H3,(H,51,54)/b29-25-,42-38+. The SMILES string of the molecule is CCCCCCCCCC/C=C/C(O)C(CO)NC(=O)CCCCCC/C=C\CCCCOC(=O)CCCCCCCCCCCCCCCCCCCCC. The lowest BCUT2D eigenvalue weighted by Crippen LogP contribution is -2.45. The molecule has 6 heteroatoms. The van der Waals surface area contributed by atoms with Crippen molar-refractivity contribution < 1.29 is 24.5 Å². The van der Waals surface area contributed by atoms with Crippen molar-refractivity contribution in [1.29, 1.82) is 0 Å². The van der Waals surface area contributed by atoms with E-state index in [1.54, 1.807) is 6.08 Å². The van der Waals surface area contributed by atoms with E-state index >= 15 is 0 Å². The van der Waals surface area contributed by atoms with Crippen LogP contribution in [0.1, 0.15) is 258 Å². The normalized spacial score (nSPS) is 12.9. The van der Waals surface area contributed by atoms with Gasteiger partial charge in [0.25, 0.3) is 0 Å². The number of carbonyl (C=O) groups is 2. The molecule has 3 N–H and O–H groups in total. The molecule has 2 atom stereocenters. The summed E-state index contributed by atoms with van der Waals surface area (Å²) in [5.41, 5.74) is 0. The van der Waals surface area contributed by atoms with Crippen LogP contribution >= 0.6 is 0 Å². The Morgan fingerprint density at radius 1 is 0.482 bits per heavy atom. The van der Waals surface area contributed by atoms with E-state index in [0.717, 1.165) is 77.0 Å². The van der Waals surface area contributed by atoms with Gasteiger partial charge in [0.1, 0.15) is 0 Å². The average Bonchev–Trinajstić information content (AvgIpc) is 3.20. The summed E-state index contributed by atoms with van der Waals surface area (Å²) >= 11 is 0. The van der Waals surface area contributed by atoms with Crippen molar-refractivity contribution >= 4 is 11.9 Å². The molecule has 1 amide bonds. The first kappa shape index (κ1) is 54.3. The molecule has 56 heavy (non-hydrogen) atoms. The first-order chi connectivity index (χ1) is 27.5. The Hall–Kier alpha value is -1.66. The van der Waals surface area contributed by atoms with Crippen molar-refractivity contribution in [3.05, 3.63) is 24.3 Å². The largest absolute Gasteiger partial charge is 0.466 e. The average molecular weight is 790 g/mol. The van der Waals surface area contributed by atoms with Gasteiger partial charge in [-0.1, -0.05) is 212 Å². The molecule has 0 aromatic rings. The number of unbranched alkanes of at least 4 members (excludes halogenated alkanes) is 32. The Balaban J connectivity index is 3.50. The van der Waals surface area contributed by atoms with Gasteiger partial charge in [-0.05, 0) is 57.8 Å². The Morgan fingerprint density at radius 2 is 0.839 bits per heavy atom. The summed E-state index contributed by atoms with van der Waals surface area (Å²) in [6, 6.07) is -0.650. The van der Waals surface area contributed by atoms with Gasteiger partial charge in [-0.3, -0.25) is 9.59 Å². The van der Waals surface area contributed by atoms with Gasteiger partial charge < -0.3 is 20.3 Å². The minimum atomic E-state index is -0.863. The van der Waals surface area contributed by atoms with Crippen LogP contribution in [-0.4, -0.2) is 47.4 Å². The topological polar surface area (TPSA) is 95.9 Å². The van der Waals surface area contributed by atoms with Crippen molar-refractivity contribution in [1.82, 2.24) is 5.32 Å². The van der Waals surface area contributed by atoms with Crippen molar-refractivity contribution in [2.45, 2.75) is 270 Å². The van der Waals surface area contributed by atoms with E-state index in [4.69, 9.17) is 4.74 Å². The fourth-order valence-corrected chi connectivity index (χ4v) is 7.39. The van der Waals surface area contributed by atoms with E-state index in [2.05, 4.69) is 31.3 Å². The van der Waals surface area contributed by atoms with Crippen LogP contribution in [-0.2, 0) is 14.3 Å². The Kier molecular flexibility index (Phi) is 44.7. The van der Waals surface area contributed by atoms with Gasteiger partial charge in [0, 0.05) is 12.8 Å². The number of ether oxygens (including phenoxy) is 1. The van der Waals surface area contributed by atoms with E-state index in [1.165, 1.54) is 154 Å². The van der Waals surface area contributed by atoms with Crippen LogP contribution in [0.4, 0.5) is 0 Å². The van der Waals surface area contributed by atoms with Crippen molar-refractivity contribution in [3.8, 4) is 0 Å². The predicted octanol–water partition coefficient (Wildman–Crippen LogP) is 14.3. The first-order valence-electron chi connectivity index (χ1n) is 24.6. The highest BCUT2D eigenvalue weighted by atomic mass is 16.5. The molecule has 0 fully saturated rings. The summed E-state index contributed by atoms with van der Waals surface area (Å²) in [5.74, 6) is -0.140. The van der Waals surface area contributed by atoms with Gasteiger partial charge in [0.15, 0.2) is 0 Å². The van der Waals surface area contributed by atoms with Gasteiger partial charge in [-0.25, -0.2) is 0 Å². The van der Waals surface area contributed by atoms with Crippen LogP contribution in [0, 0.1) is 0 Å². The maximum atomic E-state index is 12.4. The number of aliphatic hydroxyl groups is 2. The summed E-state index contributed by atoms with van der Waals surface area (Å²) in [7, 11) is 0. The maximum absolute atomic E-state index is 12.4. The minimum Gasteiger partial charge on any atom is -0.466 e. The third-order valence-electron chi connectivity index (χ3n) is 11.2. The molecule has 6 nitrogen and oxygen atoms in total. The smallest absolute Gasteiger partial charge is 0.305 e. The monoisotopic (exact) mass is 790 g/mol. The fourth-order valence-electron chi connectivity index (χ4n) is 7.39. The number of esters is 1. The Bertz CT molecular complexity index is 874. The molecule has 0 spiro atoms. The van der Waals surface area contributed by atoms with Crippen molar-refractivity contribution in [2.75, 3.05) is 13.2 Å². The number of carbonyl (C=O) groups excluding carboxylic acids is 2. The Labute approximate surface area is 348 Å². The van der Waals surface area contributed by atoms with E-state index < -0.39 is 12.1 Å². The predicted molar refractivity (Wildman–Crippen MR) is 241 cm³/mol. The van der Waals surface area contributed by atoms with Crippen LogP contribution in [0.3, 0.4) is 0 Å². The molecule has 2 unspecified atom stereocenters. The zero-order valence-electron chi connectivity index (χ0n) is 37.4. The quantitative estimate of drug-likeness (QED) is 0.0324. The second-order valence-corrected chi connectivity index (χ2v) is 16.8. The van der Waals surface area contributed by atoms with Crippen molar-refractivity contribution in [2.24, 2.45) is 0 Å². The Morgan fingerprint density at radius 3 is 1.27 bits per heavy atom. The van der Waals surface area contributed by atoms with Gasteiger partial charge in [-0.2, -0.15) is 0 Å². The third kappa shape index (κ3) is 42.0. The van der Waals surface area contributed by atoms with E-state index in [1.807, 2.05) is 6.08 Å². The van der Waals surface area contributed by atoms with E-state index in [-0.39, 0.29) is 18.5 Å². The van der Waals surface area contributed by atoms with Gasteiger partial charge in [0.2, 0.25) is 5.91 Å². The number of amides is 1. The summed E-state index contributed by atoms with van der Waals surface area (Å²) in [6.45, 7) is 4.79. The van der Waals surface area contributed by atoms with Gasteiger partial charge in [0.05, 0.1) is 25.4 Å². The number of hydrogen-bond donors (Lipinski definition) is 3. The lowest BCUT2D eigenvalue weighted by Gasteiger charge is -2.20. The molecule has 0 bridgehead atoms. The zero-order chi connectivity index (χ0) is 40.8. The van der Waals surface area contributed by atoms with Crippen LogP contribution in [0.5, 0.6) is 0 Å². The maximum Gasteiger partial charge on any atom is 0.305 e. The summed E-state index contributed by atoms with van der Waals surface area (Å²) in [6.07, 6.45) is 53.3. The van der Waals surface area contributed by atoms with Gasteiger partial charge >= 0.3 is 5.97 Å². The molecule has 0 heterocycles. The molecular weight excluding hydrogens is 695 g/mol. The second kappa shape index (κ2) is 46.0. The molecule has 0 aliphatic carbocycles. The highest BCUT2D eigenvalue weighted by Crippen LogP contribution is 2.16. The van der Waals surface area contributed by atoms with Crippen LogP contribution in [0.25, 0.3) is 0 Å². The summed E-state index contributed by atoms with van der Waals surface area (Å²) in [5, 5.41) is 22.9. The lowest BCUT2D eigenvalue weighted by atomic mass is 10.0. The number of aliphatic hydroxyl groups excluding tert-OH is 2. The minimum absolute atomic E-state index is 0.0347. The molecule has 0 aromatic carbocycles. The molecule has 0 aliphatic rings. The lowest BCUT2D eigenvalue weighted by molar-refractivity contribution is -0.143.